The first-order valence-electron chi connectivity index (χ1n) is 11.9. The van der Waals surface area contributed by atoms with E-state index >= 15 is 0 Å². The number of rotatable bonds is 11. The number of nitrogens with zero attached hydrogens (tertiary/aromatic N) is 2. The molecule has 1 aliphatic rings. The molecule has 35 heavy (non-hydrogen) atoms. The molecule has 1 unspecified atom stereocenters. The Balaban J connectivity index is 1.16. The number of pyridine rings is 1. The number of aliphatic carboxylic acids is 1. The van der Waals surface area contributed by atoms with E-state index in [1.165, 1.54) is 5.56 Å². The first-order valence-corrected chi connectivity index (χ1v) is 11.9. The number of aryl methyl sites for hydroxylation is 2. The van der Waals surface area contributed by atoms with E-state index in [1.807, 2.05) is 6.07 Å². The minimum absolute atomic E-state index is 0.0408. The van der Waals surface area contributed by atoms with Crippen molar-refractivity contribution >= 4 is 34.7 Å². The van der Waals surface area contributed by atoms with Gasteiger partial charge in [0, 0.05) is 25.2 Å². The zero-order valence-electron chi connectivity index (χ0n) is 19.4. The molecule has 2 amide bonds. The molecular weight excluding hydrogens is 450 g/mol. The smallest absolute Gasteiger partial charge is 0.326 e. The molecule has 4 N–H and O–H groups in total. The van der Waals surface area contributed by atoms with Gasteiger partial charge in [-0.05, 0) is 62.3 Å². The number of benzene rings is 1. The van der Waals surface area contributed by atoms with Gasteiger partial charge in [0.2, 0.25) is 5.91 Å². The normalized spacial score (nSPS) is 13.5. The number of fused-ring (bicyclic) bond motifs is 2. The van der Waals surface area contributed by atoms with Gasteiger partial charge in [-0.2, -0.15) is 0 Å². The van der Waals surface area contributed by atoms with Crippen LogP contribution in [0.5, 0.6) is 0 Å². The molecule has 10 heteroatoms. The van der Waals surface area contributed by atoms with Crippen molar-refractivity contribution < 1.29 is 23.9 Å². The van der Waals surface area contributed by atoms with Gasteiger partial charge in [-0.25, -0.2) is 14.8 Å². The van der Waals surface area contributed by atoms with Gasteiger partial charge in [0.1, 0.15) is 17.4 Å². The maximum Gasteiger partial charge on any atom is 0.326 e. The lowest BCUT2D eigenvalue weighted by atomic mass is 10.1. The summed E-state index contributed by atoms with van der Waals surface area (Å²) in [5.41, 5.74) is 3.22. The summed E-state index contributed by atoms with van der Waals surface area (Å²) in [6, 6.07) is 9.87. The fourth-order valence-electron chi connectivity index (χ4n) is 3.99. The number of hydrogen-bond acceptors (Lipinski definition) is 7. The highest BCUT2D eigenvalue weighted by atomic mass is 16.4. The number of unbranched alkanes of at least 4 members (excludes halogenated alkanes) is 1. The third kappa shape index (κ3) is 6.56. The van der Waals surface area contributed by atoms with Gasteiger partial charge in [-0.3, -0.25) is 9.59 Å². The zero-order valence-corrected chi connectivity index (χ0v) is 19.4. The number of amides is 2. The van der Waals surface area contributed by atoms with Crippen LogP contribution in [0, 0.1) is 0 Å². The molecule has 1 atom stereocenters. The Hall–Kier alpha value is -3.95. The molecule has 3 heterocycles. The number of carboxylic acids is 1. The third-order valence-electron chi connectivity index (χ3n) is 5.89. The van der Waals surface area contributed by atoms with E-state index in [-0.39, 0.29) is 24.8 Å². The van der Waals surface area contributed by atoms with Crippen LogP contribution in [0.25, 0.3) is 11.1 Å². The minimum atomic E-state index is -1.20. The molecule has 0 fully saturated rings. The van der Waals surface area contributed by atoms with Crippen molar-refractivity contribution in [3.05, 3.63) is 53.5 Å². The van der Waals surface area contributed by atoms with Crippen molar-refractivity contribution in [3.8, 4) is 0 Å². The van der Waals surface area contributed by atoms with E-state index in [2.05, 4.69) is 32.0 Å². The highest BCUT2D eigenvalue weighted by Gasteiger charge is 2.23. The van der Waals surface area contributed by atoms with Crippen LogP contribution in [0.1, 0.15) is 54.0 Å². The maximum absolute atomic E-state index is 12.4. The van der Waals surface area contributed by atoms with Gasteiger partial charge < -0.3 is 25.5 Å². The molecule has 2 aromatic heterocycles. The summed E-state index contributed by atoms with van der Waals surface area (Å²) < 4.78 is 5.37. The second-order valence-electron chi connectivity index (χ2n) is 8.54. The van der Waals surface area contributed by atoms with E-state index in [4.69, 9.17) is 4.42 Å². The second-order valence-corrected chi connectivity index (χ2v) is 8.54. The monoisotopic (exact) mass is 479 g/mol. The van der Waals surface area contributed by atoms with Crippen LogP contribution in [-0.2, 0) is 22.4 Å². The summed E-state index contributed by atoms with van der Waals surface area (Å²) in [4.78, 5) is 44.8. The number of oxazole rings is 1. The van der Waals surface area contributed by atoms with Gasteiger partial charge in [0.15, 0.2) is 5.58 Å². The largest absolute Gasteiger partial charge is 0.480 e. The lowest BCUT2D eigenvalue weighted by Crippen LogP contribution is -2.43. The van der Waals surface area contributed by atoms with Gasteiger partial charge in [-0.1, -0.05) is 18.2 Å². The first kappa shape index (κ1) is 24.2. The number of carbonyl (C=O) groups is 3. The Bertz CT molecular complexity index is 1170. The Morgan fingerprint density at radius 3 is 2.80 bits per heavy atom. The number of carboxylic acid groups (broad SMARTS) is 1. The molecule has 0 radical (unpaired) electrons. The molecule has 3 aromatic rings. The van der Waals surface area contributed by atoms with E-state index in [1.54, 1.807) is 24.3 Å². The number of hydrogen-bond donors (Lipinski definition) is 4. The summed E-state index contributed by atoms with van der Waals surface area (Å²) in [5.74, 6) is -1.30. The van der Waals surface area contributed by atoms with E-state index in [0.29, 0.717) is 23.9 Å². The Morgan fingerprint density at radius 1 is 1.11 bits per heavy atom. The molecule has 0 saturated carbocycles. The standard InChI is InChI=1S/C25H29N5O5/c31-21(10-4-1-7-17-12-11-16-6-5-14-27-22(16)28-17)26-15-13-19(25(33)34)29-23(32)24-30-18-8-2-3-9-20(18)35-24/h2-3,8-9,11-12,19H,1,4-7,10,13-15H2,(H,26,31)(H,27,28)(H,29,32)(H,33,34). The maximum atomic E-state index is 12.4. The average Bonchev–Trinajstić information content (AvgIpc) is 3.30. The van der Waals surface area contributed by atoms with Crippen molar-refractivity contribution in [2.75, 3.05) is 18.4 Å². The number of para-hydroxylation sites is 2. The van der Waals surface area contributed by atoms with Crippen LogP contribution < -0.4 is 16.0 Å². The van der Waals surface area contributed by atoms with E-state index in [9.17, 15) is 19.5 Å². The summed E-state index contributed by atoms with van der Waals surface area (Å²) in [6.45, 7) is 1.08. The molecule has 0 spiro atoms. The van der Waals surface area contributed by atoms with Gasteiger partial charge in [0.25, 0.3) is 5.89 Å². The Kier molecular flexibility index (Phi) is 7.92. The molecule has 4 rings (SSSR count). The lowest BCUT2D eigenvalue weighted by molar-refractivity contribution is -0.139. The number of aromatic nitrogens is 2. The number of nitrogens with one attached hydrogen (secondary N) is 3. The quantitative estimate of drug-likeness (QED) is 0.307. The minimum Gasteiger partial charge on any atom is -0.480 e. The lowest BCUT2D eigenvalue weighted by Gasteiger charge is -2.17. The predicted octanol–water partition coefficient (Wildman–Crippen LogP) is 2.68. The Morgan fingerprint density at radius 2 is 1.97 bits per heavy atom. The average molecular weight is 480 g/mol. The van der Waals surface area contributed by atoms with E-state index in [0.717, 1.165) is 43.7 Å². The summed E-state index contributed by atoms with van der Waals surface area (Å²) in [7, 11) is 0. The highest BCUT2D eigenvalue weighted by molar-refractivity contribution is 5.94. The van der Waals surface area contributed by atoms with E-state index < -0.39 is 17.9 Å². The van der Waals surface area contributed by atoms with Gasteiger partial charge >= 0.3 is 11.9 Å². The van der Waals surface area contributed by atoms with Crippen molar-refractivity contribution in [1.82, 2.24) is 20.6 Å². The molecule has 10 nitrogen and oxygen atoms in total. The molecular formula is C25H29N5O5. The first-order chi connectivity index (χ1) is 17.0. The summed E-state index contributed by atoms with van der Waals surface area (Å²) >= 11 is 0. The third-order valence-corrected chi connectivity index (χ3v) is 5.89. The van der Waals surface area contributed by atoms with Crippen molar-refractivity contribution in [2.24, 2.45) is 0 Å². The van der Waals surface area contributed by atoms with Gasteiger partial charge in [0.05, 0.1) is 0 Å². The molecule has 0 saturated heterocycles. The fourth-order valence-corrected chi connectivity index (χ4v) is 3.99. The number of carbonyl (C=O) groups excluding carboxylic acids is 2. The molecule has 1 aliphatic heterocycles. The molecule has 0 bridgehead atoms. The second kappa shape index (κ2) is 11.5. The van der Waals surface area contributed by atoms with Crippen LogP contribution in [0.3, 0.4) is 0 Å². The number of anilines is 1. The van der Waals surface area contributed by atoms with Crippen molar-refractivity contribution in [2.45, 2.75) is 51.0 Å². The predicted molar refractivity (Wildman–Crippen MR) is 129 cm³/mol. The molecule has 1 aromatic carbocycles. The zero-order chi connectivity index (χ0) is 24.6. The summed E-state index contributed by atoms with van der Waals surface area (Å²) in [5, 5.41) is 17.9. The topological polar surface area (TPSA) is 146 Å². The highest BCUT2D eigenvalue weighted by Crippen LogP contribution is 2.20. The molecule has 0 aliphatic carbocycles. The SMILES string of the molecule is O=C(CCCCc1ccc2c(n1)NCCC2)NCCC(NC(=O)c1nc2ccccc2o1)C(=O)O. The Labute approximate surface area is 202 Å². The van der Waals surface area contributed by atoms with Crippen LogP contribution in [0.2, 0.25) is 0 Å². The van der Waals surface area contributed by atoms with Crippen LogP contribution >= 0.6 is 0 Å². The molecule has 184 valence electrons. The van der Waals surface area contributed by atoms with Crippen molar-refractivity contribution in [3.63, 3.8) is 0 Å². The van der Waals surface area contributed by atoms with Gasteiger partial charge in [-0.15, -0.1) is 0 Å². The van der Waals surface area contributed by atoms with Crippen LogP contribution in [0.4, 0.5) is 5.82 Å². The van der Waals surface area contributed by atoms with Crippen LogP contribution in [0.15, 0.2) is 40.8 Å². The van der Waals surface area contributed by atoms with Crippen molar-refractivity contribution in [1.29, 1.82) is 0 Å². The summed E-state index contributed by atoms with van der Waals surface area (Å²) in [6.07, 6.45) is 4.90. The fraction of sp³-hybridized carbons (Fsp3) is 0.400. The van der Waals surface area contributed by atoms with Crippen LogP contribution in [-0.4, -0.2) is 52.0 Å².